The SMILES string of the molecule is CS(=O)(=O)c1cccc(C[C@H](N)C(=O)S)c1. The van der Waals surface area contributed by atoms with Crippen LogP contribution in [-0.2, 0) is 21.1 Å². The van der Waals surface area contributed by atoms with Gasteiger partial charge in [0.2, 0.25) is 5.12 Å². The van der Waals surface area contributed by atoms with Crippen LogP contribution in [0, 0.1) is 0 Å². The summed E-state index contributed by atoms with van der Waals surface area (Å²) in [5.41, 5.74) is 6.24. The molecule has 6 heteroatoms. The molecule has 0 saturated heterocycles. The maximum atomic E-state index is 11.3. The molecule has 0 radical (unpaired) electrons. The molecular formula is C10H13NO3S2. The predicted molar refractivity (Wildman–Crippen MR) is 65.2 cm³/mol. The minimum Gasteiger partial charge on any atom is -0.320 e. The van der Waals surface area contributed by atoms with Gasteiger partial charge < -0.3 is 5.73 Å². The van der Waals surface area contributed by atoms with Crippen LogP contribution in [0.2, 0.25) is 0 Å². The van der Waals surface area contributed by atoms with Gasteiger partial charge in [0.05, 0.1) is 10.9 Å². The van der Waals surface area contributed by atoms with Crippen LogP contribution >= 0.6 is 12.6 Å². The van der Waals surface area contributed by atoms with E-state index in [-0.39, 0.29) is 11.3 Å². The van der Waals surface area contributed by atoms with Crippen LogP contribution in [0.25, 0.3) is 0 Å². The zero-order valence-electron chi connectivity index (χ0n) is 8.75. The lowest BCUT2D eigenvalue weighted by Crippen LogP contribution is -2.29. The zero-order valence-corrected chi connectivity index (χ0v) is 10.5. The van der Waals surface area contributed by atoms with Crippen LogP contribution in [0.3, 0.4) is 0 Å². The molecular weight excluding hydrogens is 246 g/mol. The molecule has 1 aromatic rings. The first-order chi connectivity index (χ1) is 7.30. The molecule has 2 N–H and O–H groups in total. The van der Waals surface area contributed by atoms with E-state index in [1.807, 2.05) is 0 Å². The minimum absolute atomic E-state index is 0.226. The lowest BCUT2D eigenvalue weighted by molar-refractivity contribution is -0.111. The molecule has 1 aromatic carbocycles. The highest BCUT2D eigenvalue weighted by Crippen LogP contribution is 2.12. The fourth-order valence-corrected chi connectivity index (χ4v) is 2.03. The summed E-state index contributed by atoms with van der Waals surface area (Å²) in [6.45, 7) is 0. The minimum atomic E-state index is -3.23. The van der Waals surface area contributed by atoms with Gasteiger partial charge in [-0.3, -0.25) is 4.79 Å². The van der Waals surface area contributed by atoms with Crippen molar-refractivity contribution in [1.82, 2.24) is 0 Å². The lowest BCUT2D eigenvalue weighted by atomic mass is 10.1. The van der Waals surface area contributed by atoms with Crippen LogP contribution in [0.1, 0.15) is 5.56 Å². The third-order valence-electron chi connectivity index (χ3n) is 2.10. The summed E-state index contributed by atoms with van der Waals surface area (Å²) < 4.78 is 22.6. The number of benzene rings is 1. The molecule has 88 valence electrons. The first kappa shape index (κ1) is 13.2. The van der Waals surface area contributed by atoms with Crippen molar-refractivity contribution in [3.8, 4) is 0 Å². The van der Waals surface area contributed by atoms with Crippen LogP contribution in [0.4, 0.5) is 0 Å². The summed E-state index contributed by atoms with van der Waals surface area (Å²) in [6, 6.07) is 5.67. The molecule has 0 aliphatic rings. The third kappa shape index (κ3) is 3.62. The molecule has 1 atom stereocenters. The molecule has 4 nitrogen and oxygen atoms in total. The monoisotopic (exact) mass is 259 g/mol. The van der Waals surface area contributed by atoms with Crippen molar-refractivity contribution in [2.75, 3.05) is 6.26 Å². The molecule has 0 bridgehead atoms. The molecule has 0 amide bonds. The molecule has 0 unspecified atom stereocenters. The Kier molecular flexibility index (Phi) is 4.12. The molecule has 16 heavy (non-hydrogen) atoms. The Balaban J connectivity index is 2.96. The van der Waals surface area contributed by atoms with E-state index in [4.69, 9.17) is 5.73 Å². The van der Waals surface area contributed by atoms with Gasteiger partial charge in [-0.15, -0.1) is 12.6 Å². The van der Waals surface area contributed by atoms with Crippen molar-refractivity contribution >= 4 is 27.6 Å². The van der Waals surface area contributed by atoms with E-state index in [2.05, 4.69) is 12.6 Å². The van der Waals surface area contributed by atoms with E-state index in [0.717, 1.165) is 6.26 Å². The summed E-state index contributed by atoms with van der Waals surface area (Å²) in [7, 11) is -3.23. The molecule has 0 spiro atoms. The van der Waals surface area contributed by atoms with Crippen molar-refractivity contribution in [2.24, 2.45) is 5.73 Å². The fourth-order valence-electron chi connectivity index (χ4n) is 1.24. The number of thiol groups is 1. The maximum absolute atomic E-state index is 11.3. The summed E-state index contributed by atoms with van der Waals surface area (Å²) in [5.74, 6) is 0. The smallest absolute Gasteiger partial charge is 0.202 e. The summed E-state index contributed by atoms with van der Waals surface area (Å²) in [4.78, 5) is 11.1. The summed E-state index contributed by atoms with van der Waals surface area (Å²) in [6.07, 6.45) is 1.42. The standard InChI is InChI=1S/C10H13NO3S2/c1-16(13,14)8-4-2-3-7(5-8)6-9(11)10(12)15/h2-5,9H,6,11H2,1H3,(H,12,15)/t9-/m0/s1. The molecule has 0 fully saturated rings. The van der Waals surface area contributed by atoms with E-state index in [1.54, 1.807) is 12.1 Å². The molecule has 0 saturated carbocycles. The second-order valence-electron chi connectivity index (χ2n) is 3.57. The quantitative estimate of drug-likeness (QED) is 0.768. The van der Waals surface area contributed by atoms with E-state index in [1.165, 1.54) is 12.1 Å². The summed E-state index contributed by atoms with van der Waals surface area (Å²) >= 11 is 3.62. The van der Waals surface area contributed by atoms with Gasteiger partial charge in [0.25, 0.3) is 0 Å². The Labute approximate surface area is 100 Å². The number of nitrogens with two attached hydrogens (primary N) is 1. The average Bonchev–Trinajstić information content (AvgIpc) is 2.16. The first-order valence-electron chi connectivity index (χ1n) is 4.58. The van der Waals surface area contributed by atoms with Gasteiger partial charge in [-0.2, -0.15) is 0 Å². The largest absolute Gasteiger partial charge is 0.320 e. The second-order valence-corrected chi connectivity index (χ2v) is 6.02. The first-order valence-corrected chi connectivity index (χ1v) is 6.92. The van der Waals surface area contributed by atoms with E-state index in [0.29, 0.717) is 5.56 Å². The number of carbonyl (C=O) groups is 1. The van der Waals surface area contributed by atoms with Crippen molar-refractivity contribution in [3.63, 3.8) is 0 Å². The van der Waals surface area contributed by atoms with Gasteiger partial charge in [-0.25, -0.2) is 8.42 Å². The molecule has 0 heterocycles. The molecule has 1 rings (SSSR count). The van der Waals surface area contributed by atoms with E-state index in [9.17, 15) is 13.2 Å². The Morgan fingerprint density at radius 3 is 2.62 bits per heavy atom. The number of hydrogen-bond donors (Lipinski definition) is 2. The molecule has 0 aliphatic carbocycles. The number of sulfone groups is 1. The zero-order chi connectivity index (χ0) is 12.3. The van der Waals surface area contributed by atoms with Crippen molar-refractivity contribution in [1.29, 1.82) is 0 Å². The van der Waals surface area contributed by atoms with Gasteiger partial charge in [-0.05, 0) is 24.1 Å². The normalized spacial score (nSPS) is 13.4. The van der Waals surface area contributed by atoms with Gasteiger partial charge >= 0.3 is 0 Å². The highest BCUT2D eigenvalue weighted by atomic mass is 32.2. The molecule has 0 aliphatic heterocycles. The van der Waals surface area contributed by atoms with E-state index >= 15 is 0 Å². The molecule has 0 aromatic heterocycles. The number of hydrogen-bond acceptors (Lipinski definition) is 4. The predicted octanol–water partition coefficient (Wildman–Crippen LogP) is 0.416. The lowest BCUT2D eigenvalue weighted by Gasteiger charge is -2.08. The Bertz CT molecular complexity index is 497. The number of rotatable bonds is 4. The van der Waals surface area contributed by atoms with Crippen molar-refractivity contribution in [2.45, 2.75) is 17.4 Å². The average molecular weight is 259 g/mol. The van der Waals surface area contributed by atoms with Crippen molar-refractivity contribution < 1.29 is 13.2 Å². The second kappa shape index (κ2) is 4.99. The van der Waals surface area contributed by atoms with Crippen LogP contribution in [-0.4, -0.2) is 25.8 Å². The van der Waals surface area contributed by atoms with Crippen LogP contribution < -0.4 is 5.73 Å². The van der Waals surface area contributed by atoms with E-state index < -0.39 is 21.0 Å². The van der Waals surface area contributed by atoms with Gasteiger partial charge in [0.1, 0.15) is 0 Å². The van der Waals surface area contributed by atoms with Crippen molar-refractivity contribution in [3.05, 3.63) is 29.8 Å². The number of carbonyl (C=O) groups excluding carboxylic acids is 1. The maximum Gasteiger partial charge on any atom is 0.202 e. The topological polar surface area (TPSA) is 77.2 Å². The van der Waals surface area contributed by atoms with Gasteiger partial charge in [0.15, 0.2) is 9.84 Å². The van der Waals surface area contributed by atoms with Gasteiger partial charge in [-0.1, -0.05) is 12.1 Å². The highest BCUT2D eigenvalue weighted by molar-refractivity contribution is 7.96. The fraction of sp³-hybridized carbons (Fsp3) is 0.300. The van der Waals surface area contributed by atoms with Crippen LogP contribution in [0.5, 0.6) is 0 Å². The third-order valence-corrected chi connectivity index (χ3v) is 3.54. The highest BCUT2D eigenvalue weighted by Gasteiger charge is 2.12. The Morgan fingerprint density at radius 1 is 1.50 bits per heavy atom. The Hall–Kier alpha value is -0.850. The Morgan fingerprint density at radius 2 is 2.12 bits per heavy atom. The van der Waals surface area contributed by atoms with Gasteiger partial charge in [0, 0.05) is 6.26 Å². The summed E-state index contributed by atoms with van der Waals surface area (Å²) in [5, 5.41) is -0.412. The van der Waals surface area contributed by atoms with Crippen LogP contribution in [0.15, 0.2) is 29.2 Å².